The van der Waals surface area contributed by atoms with Crippen LogP contribution in [0, 0.1) is 18.3 Å². The number of terminal acetylenes is 1. The normalized spacial score (nSPS) is 22.9. The summed E-state index contributed by atoms with van der Waals surface area (Å²) < 4.78 is 5.94. The van der Waals surface area contributed by atoms with E-state index in [4.69, 9.17) is 11.2 Å². The first kappa shape index (κ1) is 14.8. The number of unbranched alkanes of at least 4 members (excludes halogenated alkanes) is 1. The summed E-state index contributed by atoms with van der Waals surface area (Å²) in [5.41, 5.74) is 3.35. The molecular weight excluding hydrogens is 272 g/mol. The van der Waals surface area contributed by atoms with Gasteiger partial charge in [0.1, 0.15) is 17.3 Å². The van der Waals surface area contributed by atoms with E-state index in [9.17, 15) is 5.11 Å². The van der Waals surface area contributed by atoms with Crippen molar-refractivity contribution in [3.8, 4) is 23.8 Å². The molecule has 0 unspecified atom stereocenters. The fourth-order valence-electron chi connectivity index (χ4n) is 3.56. The van der Waals surface area contributed by atoms with Crippen molar-refractivity contribution < 1.29 is 9.84 Å². The van der Waals surface area contributed by atoms with Crippen molar-refractivity contribution >= 4 is 0 Å². The van der Waals surface area contributed by atoms with E-state index < -0.39 is 0 Å². The monoisotopic (exact) mass is 294 g/mol. The Bertz CT molecular complexity index is 676. The molecule has 1 N–H and O–H groups in total. The molecule has 1 aliphatic heterocycles. The van der Waals surface area contributed by atoms with Crippen molar-refractivity contribution in [1.82, 2.24) is 0 Å². The molecule has 114 valence electrons. The molecule has 0 radical (unpaired) electrons. The number of aryl methyl sites for hydroxylation is 1. The molecule has 2 nitrogen and oxygen atoms in total. The molecule has 1 heterocycles. The minimum absolute atomic E-state index is 0.185. The van der Waals surface area contributed by atoms with Gasteiger partial charge in [-0.1, -0.05) is 18.2 Å². The summed E-state index contributed by atoms with van der Waals surface area (Å²) in [5, 5.41) is 10.5. The second-order valence-corrected chi connectivity index (χ2v) is 6.34. The molecule has 0 bridgehead atoms. The van der Waals surface area contributed by atoms with Crippen LogP contribution < -0.4 is 4.74 Å². The molecule has 1 aliphatic carbocycles. The Labute approximate surface area is 132 Å². The zero-order chi connectivity index (χ0) is 15.7. The highest BCUT2D eigenvalue weighted by molar-refractivity contribution is 5.54. The van der Waals surface area contributed by atoms with Gasteiger partial charge in [0.05, 0.1) is 0 Å². The maximum absolute atomic E-state index is 10.5. The first-order chi connectivity index (χ1) is 10.6. The Morgan fingerprint density at radius 1 is 1.45 bits per heavy atom. The largest absolute Gasteiger partial charge is 0.507 e. The molecule has 0 saturated heterocycles. The van der Waals surface area contributed by atoms with Crippen LogP contribution in [0.15, 0.2) is 36.1 Å². The van der Waals surface area contributed by atoms with Crippen molar-refractivity contribution in [3.05, 3.63) is 47.2 Å². The van der Waals surface area contributed by atoms with Crippen molar-refractivity contribution in [2.45, 2.75) is 44.9 Å². The van der Waals surface area contributed by atoms with Crippen LogP contribution >= 0.6 is 0 Å². The van der Waals surface area contributed by atoms with Crippen LogP contribution in [0.4, 0.5) is 0 Å². The fraction of sp³-hybridized carbons (Fsp3) is 0.400. The van der Waals surface area contributed by atoms with Crippen LogP contribution in [-0.2, 0) is 6.42 Å². The summed E-state index contributed by atoms with van der Waals surface area (Å²) in [7, 11) is 0. The molecule has 1 aromatic carbocycles. The number of allylic oxidation sites excluding steroid dienone is 3. The van der Waals surface area contributed by atoms with E-state index in [-0.39, 0.29) is 11.8 Å². The molecule has 2 heteroatoms. The number of fused-ring (bicyclic) bond motifs is 3. The van der Waals surface area contributed by atoms with Gasteiger partial charge in [-0.25, -0.2) is 0 Å². The van der Waals surface area contributed by atoms with Gasteiger partial charge in [0.15, 0.2) is 0 Å². The zero-order valence-corrected chi connectivity index (χ0v) is 13.1. The summed E-state index contributed by atoms with van der Waals surface area (Å²) in [5.74, 6) is 5.02. The number of hydrogen-bond donors (Lipinski definition) is 1. The number of aromatic hydroxyl groups is 1. The quantitative estimate of drug-likeness (QED) is 0.497. The average Bonchev–Trinajstić information content (AvgIpc) is 2.46. The first-order valence-electron chi connectivity index (χ1n) is 7.93. The molecule has 0 amide bonds. The molecule has 0 saturated carbocycles. The van der Waals surface area contributed by atoms with E-state index in [0.29, 0.717) is 5.75 Å². The molecule has 0 fully saturated rings. The number of phenolic OH excluding ortho intramolecular Hbond substituents is 1. The van der Waals surface area contributed by atoms with Gasteiger partial charge in [0.2, 0.25) is 0 Å². The predicted molar refractivity (Wildman–Crippen MR) is 88.9 cm³/mol. The zero-order valence-electron chi connectivity index (χ0n) is 13.1. The Balaban J connectivity index is 1.97. The van der Waals surface area contributed by atoms with Gasteiger partial charge in [0.25, 0.3) is 0 Å². The van der Waals surface area contributed by atoms with Crippen molar-refractivity contribution in [2.24, 2.45) is 5.92 Å². The lowest BCUT2D eigenvalue weighted by Crippen LogP contribution is -2.25. The number of ether oxygens (including phenoxy) is 1. The molecule has 3 rings (SSSR count). The third-order valence-corrected chi connectivity index (χ3v) is 4.70. The maximum Gasteiger partial charge on any atom is 0.134 e. The molecular formula is C20H22O2. The molecule has 2 atom stereocenters. The van der Waals surface area contributed by atoms with Crippen LogP contribution in [-0.4, -0.2) is 5.11 Å². The second kappa shape index (κ2) is 5.93. The Hall–Kier alpha value is -2.14. The standard InChI is InChI=1S/C20H22O2/c1-4-5-6-7-15-11-18(21)20-17-10-13(2)8-9-16(17)14(3)22-19(20)12-15/h1,10-12,16-17,21H,3,5-9H2,2H3/t16-,17+/m0/s1. The summed E-state index contributed by atoms with van der Waals surface area (Å²) in [6.45, 7) is 6.25. The number of hydrogen-bond acceptors (Lipinski definition) is 2. The predicted octanol–water partition coefficient (Wildman–Crippen LogP) is 4.69. The highest BCUT2D eigenvalue weighted by atomic mass is 16.5. The van der Waals surface area contributed by atoms with Crippen LogP contribution in [0.25, 0.3) is 0 Å². The highest BCUT2D eigenvalue weighted by Gasteiger charge is 2.36. The summed E-state index contributed by atoms with van der Waals surface area (Å²) in [6, 6.07) is 3.90. The first-order valence-corrected chi connectivity index (χ1v) is 7.93. The Morgan fingerprint density at radius 2 is 2.27 bits per heavy atom. The van der Waals surface area contributed by atoms with Gasteiger partial charge in [-0.15, -0.1) is 12.3 Å². The number of rotatable bonds is 3. The average molecular weight is 294 g/mol. The number of phenols is 1. The minimum atomic E-state index is 0.185. The third kappa shape index (κ3) is 2.64. The van der Waals surface area contributed by atoms with E-state index in [1.165, 1.54) is 5.57 Å². The van der Waals surface area contributed by atoms with Gasteiger partial charge >= 0.3 is 0 Å². The summed E-state index contributed by atoms with van der Waals surface area (Å²) >= 11 is 0. The van der Waals surface area contributed by atoms with E-state index in [1.54, 1.807) is 0 Å². The van der Waals surface area contributed by atoms with Gasteiger partial charge in [-0.3, -0.25) is 0 Å². The molecule has 2 aliphatic rings. The molecule has 0 aromatic heterocycles. The third-order valence-electron chi connectivity index (χ3n) is 4.70. The van der Waals surface area contributed by atoms with Crippen molar-refractivity contribution in [1.29, 1.82) is 0 Å². The molecule has 1 aromatic rings. The highest BCUT2D eigenvalue weighted by Crippen LogP contribution is 2.51. The Kier molecular flexibility index (Phi) is 3.98. The second-order valence-electron chi connectivity index (χ2n) is 6.34. The van der Waals surface area contributed by atoms with Gasteiger partial charge in [0, 0.05) is 23.8 Å². The lowest BCUT2D eigenvalue weighted by Gasteiger charge is -2.37. The number of benzene rings is 1. The minimum Gasteiger partial charge on any atom is -0.507 e. The summed E-state index contributed by atoms with van der Waals surface area (Å²) in [6.07, 6.45) is 12.2. The molecule has 0 spiro atoms. The van der Waals surface area contributed by atoms with Crippen molar-refractivity contribution in [2.75, 3.05) is 0 Å². The smallest absolute Gasteiger partial charge is 0.134 e. The topological polar surface area (TPSA) is 29.5 Å². The summed E-state index contributed by atoms with van der Waals surface area (Å²) in [4.78, 5) is 0. The SMILES string of the molecule is C#CCCCc1cc(O)c2c(c1)OC(=C)[C@@H]1CCC(C)=C[C@@H]21. The van der Waals surface area contributed by atoms with Gasteiger partial charge in [-0.05, 0) is 50.3 Å². The maximum atomic E-state index is 10.5. The van der Waals surface area contributed by atoms with Crippen LogP contribution in [0.5, 0.6) is 11.5 Å². The van der Waals surface area contributed by atoms with E-state index in [1.807, 2.05) is 12.1 Å². The van der Waals surface area contributed by atoms with Crippen molar-refractivity contribution in [3.63, 3.8) is 0 Å². The van der Waals surface area contributed by atoms with Gasteiger partial charge in [-0.2, -0.15) is 0 Å². The van der Waals surface area contributed by atoms with E-state index in [0.717, 1.165) is 54.7 Å². The van der Waals surface area contributed by atoms with Crippen LogP contribution in [0.1, 0.15) is 49.7 Å². The Morgan fingerprint density at radius 3 is 3.05 bits per heavy atom. The van der Waals surface area contributed by atoms with Crippen LogP contribution in [0.3, 0.4) is 0 Å². The lowest BCUT2D eigenvalue weighted by atomic mass is 9.74. The fourth-order valence-corrected chi connectivity index (χ4v) is 3.56. The van der Waals surface area contributed by atoms with E-state index in [2.05, 4.69) is 25.5 Å². The molecule has 22 heavy (non-hydrogen) atoms. The lowest BCUT2D eigenvalue weighted by molar-refractivity contribution is 0.275. The van der Waals surface area contributed by atoms with E-state index >= 15 is 0 Å². The van der Waals surface area contributed by atoms with Crippen LogP contribution in [0.2, 0.25) is 0 Å². The van der Waals surface area contributed by atoms with Gasteiger partial charge < -0.3 is 9.84 Å².